The van der Waals surface area contributed by atoms with Gasteiger partial charge in [0.2, 0.25) is 5.91 Å². The first-order valence-corrected chi connectivity index (χ1v) is 4.50. The van der Waals surface area contributed by atoms with Crippen LogP contribution in [0.15, 0.2) is 4.99 Å². The number of amidine groups is 1. The Morgan fingerprint density at radius 1 is 1.47 bits per heavy atom. The molecule has 0 spiro atoms. The first-order valence-electron chi connectivity index (χ1n) is 4.50. The second-order valence-electron chi connectivity index (χ2n) is 3.81. The number of hydrogen-bond donors (Lipinski definition) is 2. The van der Waals surface area contributed by atoms with Gasteiger partial charge in [-0.15, -0.1) is 0 Å². The maximum absolute atomic E-state index is 12.4. The summed E-state index contributed by atoms with van der Waals surface area (Å²) >= 11 is 0. The third kappa shape index (κ3) is 1.83. The van der Waals surface area contributed by atoms with Gasteiger partial charge in [0.1, 0.15) is 5.84 Å². The van der Waals surface area contributed by atoms with Gasteiger partial charge < -0.3 is 10.4 Å². The minimum atomic E-state index is -4.91. The lowest BCUT2D eigenvalue weighted by Gasteiger charge is -2.30. The van der Waals surface area contributed by atoms with Crippen LogP contribution in [0.4, 0.5) is 13.2 Å². The highest BCUT2D eigenvalue weighted by atomic mass is 19.4. The predicted octanol–water partition coefficient (Wildman–Crippen LogP) is 0.566. The number of nitrogens with zero attached hydrogens (tertiary/aromatic N) is 1. The van der Waals surface area contributed by atoms with Crippen molar-refractivity contribution in [2.24, 2.45) is 10.9 Å². The van der Waals surface area contributed by atoms with E-state index in [1.54, 1.807) is 0 Å². The van der Waals surface area contributed by atoms with Crippen molar-refractivity contribution in [1.29, 1.82) is 0 Å². The zero-order chi connectivity index (χ0) is 11.3. The summed E-state index contributed by atoms with van der Waals surface area (Å²) in [4.78, 5) is 14.2. The van der Waals surface area contributed by atoms with Gasteiger partial charge in [-0.1, -0.05) is 0 Å². The molecule has 7 heteroatoms. The van der Waals surface area contributed by atoms with Gasteiger partial charge in [0.05, 0.1) is 6.42 Å². The van der Waals surface area contributed by atoms with Gasteiger partial charge in [0.25, 0.3) is 5.72 Å². The molecule has 2 aliphatic rings. The fourth-order valence-corrected chi connectivity index (χ4v) is 1.39. The van der Waals surface area contributed by atoms with Gasteiger partial charge in [0.15, 0.2) is 0 Å². The van der Waals surface area contributed by atoms with E-state index in [0.29, 0.717) is 12.8 Å². The Balaban J connectivity index is 2.31. The lowest BCUT2D eigenvalue weighted by molar-refractivity contribution is -0.258. The number of aliphatic imine (C=N–C) groups is 1. The average Bonchev–Trinajstić information content (AvgIpc) is 2.81. The molecular formula is C8H9F3N2O2. The number of rotatable bonds is 1. The van der Waals surface area contributed by atoms with Crippen LogP contribution in [0.1, 0.15) is 19.3 Å². The highest BCUT2D eigenvalue weighted by Crippen LogP contribution is 2.39. The summed E-state index contributed by atoms with van der Waals surface area (Å²) < 4.78 is 37.3. The van der Waals surface area contributed by atoms with Crippen LogP contribution in [0.3, 0.4) is 0 Å². The van der Waals surface area contributed by atoms with Crippen LogP contribution in [0.25, 0.3) is 0 Å². The zero-order valence-corrected chi connectivity index (χ0v) is 7.64. The maximum atomic E-state index is 12.4. The second kappa shape index (κ2) is 2.94. The Hall–Kier alpha value is -1.11. The molecule has 0 radical (unpaired) electrons. The molecule has 15 heavy (non-hydrogen) atoms. The number of nitrogens with one attached hydrogen (secondary N) is 1. The number of aliphatic hydroxyl groups is 1. The van der Waals surface area contributed by atoms with E-state index in [0.717, 1.165) is 0 Å². The normalized spacial score (nSPS) is 32.3. The van der Waals surface area contributed by atoms with Crippen LogP contribution >= 0.6 is 0 Å². The Labute approximate surface area is 83.2 Å². The maximum Gasteiger partial charge on any atom is 0.438 e. The number of amides is 1. The molecule has 1 atom stereocenters. The fraction of sp³-hybridized carbons (Fsp3) is 0.750. The van der Waals surface area contributed by atoms with Crippen LogP contribution in [-0.2, 0) is 4.79 Å². The van der Waals surface area contributed by atoms with E-state index in [9.17, 15) is 23.1 Å². The van der Waals surface area contributed by atoms with E-state index in [4.69, 9.17) is 0 Å². The van der Waals surface area contributed by atoms with Crippen molar-refractivity contribution in [3.05, 3.63) is 0 Å². The molecule has 1 aliphatic heterocycles. The molecule has 0 aromatic heterocycles. The molecule has 1 amide bonds. The van der Waals surface area contributed by atoms with E-state index in [-0.39, 0.29) is 11.8 Å². The lowest BCUT2D eigenvalue weighted by atomic mass is 10.1. The molecule has 1 heterocycles. The third-order valence-corrected chi connectivity index (χ3v) is 2.40. The van der Waals surface area contributed by atoms with Crippen molar-refractivity contribution < 1.29 is 23.1 Å². The van der Waals surface area contributed by atoms with Crippen molar-refractivity contribution >= 4 is 11.7 Å². The SMILES string of the molecule is O=C1CC(O)(C(F)(F)F)N=C(C2CC2)N1. The highest BCUT2D eigenvalue weighted by Gasteiger charge is 2.57. The number of carbonyl (C=O) groups excluding carboxylic acids is 1. The van der Waals surface area contributed by atoms with Gasteiger partial charge in [-0.25, -0.2) is 4.99 Å². The third-order valence-electron chi connectivity index (χ3n) is 2.40. The molecule has 2 rings (SSSR count). The molecule has 2 N–H and O–H groups in total. The molecule has 0 aromatic rings. The Morgan fingerprint density at radius 3 is 2.53 bits per heavy atom. The standard InChI is InChI=1S/C8H9F3N2O2/c9-8(10,11)7(15)3-5(14)12-6(13-7)4-1-2-4/h4,15H,1-3H2,(H,12,13,14). The Kier molecular flexibility index (Phi) is 2.04. The number of hydrogen-bond acceptors (Lipinski definition) is 3. The van der Waals surface area contributed by atoms with Crippen LogP contribution in [0, 0.1) is 5.92 Å². The monoisotopic (exact) mass is 222 g/mol. The summed E-state index contributed by atoms with van der Waals surface area (Å²) in [7, 11) is 0. The summed E-state index contributed by atoms with van der Waals surface area (Å²) in [5.74, 6) is -1.01. The van der Waals surface area contributed by atoms with Gasteiger partial charge >= 0.3 is 6.18 Å². The van der Waals surface area contributed by atoms with Crippen LogP contribution < -0.4 is 5.32 Å². The summed E-state index contributed by atoms with van der Waals surface area (Å²) in [6.45, 7) is 0. The minimum absolute atomic E-state index is 0.0360. The molecule has 0 aromatic carbocycles. The summed E-state index contributed by atoms with van der Waals surface area (Å²) in [5, 5.41) is 11.5. The predicted molar refractivity (Wildman–Crippen MR) is 43.9 cm³/mol. The van der Waals surface area contributed by atoms with E-state index >= 15 is 0 Å². The molecule has 4 nitrogen and oxygen atoms in total. The van der Waals surface area contributed by atoms with Crippen molar-refractivity contribution in [2.45, 2.75) is 31.2 Å². The summed E-state index contributed by atoms with van der Waals surface area (Å²) in [6, 6.07) is 0. The van der Waals surface area contributed by atoms with Crippen molar-refractivity contribution in [3.8, 4) is 0 Å². The number of halogens is 3. The lowest BCUT2D eigenvalue weighted by Crippen LogP contribution is -2.53. The summed E-state index contributed by atoms with van der Waals surface area (Å²) in [5.41, 5.74) is -3.24. The quantitative estimate of drug-likeness (QED) is 0.681. The molecule has 84 valence electrons. The van der Waals surface area contributed by atoms with E-state index in [2.05, 4.69) is 10.3 Å². The molecule has 1 aliphatic carbocycles. The topological polar surface area (TPSA) is 61.7 Å². The molecule has 1 fully saturated rings. The molecular weight excluding hydrogens is 213 g/mol. The van der Waals surface area contributed by atoms with E-state index in [1.807, 2.05) is 0 Å². The van der Waals surface area contributed by atoms with E-state index < -0.39 is 24.2 Å². The first kappa shape index (κ1) is 10.4. The zero-order valence-electron chi connectivity index (χ0n) is 7.64. The fourth-order valence-electron chi connectivity index (χ4n) is 1.39. The van der Waals surface area contributed by atoms with Gasteiger partial charge in [-0.05, 0) is 12.8 Å². The van der Waals surface area contributed by atoms with Gasteiger partial charge in [-0.2, -0.15) is 13.2 Å². The van der Waals surface area contributed by atoms with Crippen molar-refractivity contribution in [3.63, 3.8) is 0 Å². The first-order chi connectivity index (χ1) is 6.82. The van der Waals surface area contributed by atoms with Crippen LogP contribution in [-0.4, -0.2) is 28.8 Å². The van der Waals surface area contributed by atoms with Crippen molar-refractivity contribution in [1.82, 2.24) is 5.32 Å². The average molecular weight is 222 g/mol. The molecule has 0 bridgehead atoms. The van der Waals surface area contributed by atoms with Gasteiger partial charge in [0, 0.05) is 5.92 Å². The number of carbonyl (C=O) groups is 1. The largest absolute Gasteiger partial charge is 0.438 e. The van der Waals surface area contributed by atoms with Crippen LogP contribution in [0.5, 0.6) is 0 Å². The Morgan fingerprint density at radius 2 is 2.07 bits per heavy atom. The highest BCUT2D eigenvalue weighted by molar-refractivity contribution is 6.02. The number of alkyl halides is 3. The minimum Gasteiger partial charge on any atom is -0.362 e. The van der Waals surface area contributed by atoms with E-state index in [1.165, 1.54) is 0 Å². The van der Waals surface area contributed by atoms with Crippen LogP contribution in [0.2, 0.25) is 0 Å². The Bertz CT molecular complexity index is 335. The smallest absolute Gasteiger partial charge is 0.362 e. The van der Waals surface area contributed by atoms with Crippen molar-refractivity contribution in [2.75, 3.05) is 0 Å². The molecule has 0 saturated heterocycles. The van der Waals surface area contributed by atoms with Gasteiger partial charge in [-0.3, -0.25) is 4.79 Å². The second-order valence-corrected chi connectivity index (χ2v) is 3.81. The molecule has 1 unspecified atom stereocenters. The summed E-state index contributed by atoms with van der Waals surface area (Å²) in [6.07, 6.45) is -4.57. The molecule has 1 saturated carbocycles.